The fourth-order valence-corrected chi connectivity index (χ4v) is 5.21. The Hall–Kier alpha value is -2.89. The molecule has 1 spiro atoms. The van der Waals surface area contributed by atoms with E-state index in [1.807, 2.05) is 26.0 Å². The van der Waals surface area contributed by atoms with E-state index in [1.165, 1.54) is 0 Å². The van der Waals surface area contributed by atoms with Crippen molar-refractivity contribution < 1.29 is 19.1 Å². The molecule has 168 valence electrons. The molecule has 0 bridgehead atoms. The standard InChI is InChI=1S/C27H31NO4/c1-6-8-21-14-18(3)24(19(4)15-21)25-22(29)16-27(17-23(25)30)9-11-28(12-10-27)26(31)20(5)32-13-7-2/h2,14-15,20,25H,9-13,16-17H2,1,3-5H3. The minimum Gasteiger partial charge on any atom is -0.356 e. The van der Waals surface area contributed by atoms with Gasteiger partial charge in [0.2, 0.25) is 0 Å². The van der Waals surface area contributed by atoms with Crippen LogP contribution in [0.2, 0.25) is 0 Å². The van der Waals surface area contributed by atoms with E-state index in [2.05, 4.69) is 17.8 Å². The van der Waals surface area contributed by atoms with Gasteiger partial charge in [-0.2, -0.15) is 0 Å². The Kier molecular flexibility index (Phi) is 7.22. The van der Waals surface area contributed by atoms with Crippen LogP contribution in [0, 0.1) is 43.4 Å². The molecule has 0 N–H and O–H groups in total. The average Bonchev–Trinajstić information content (AvgIpc) is 2.73. The fraction of sp³-hybridized carbons (Fsp3) is 0.519. The molecule has 2 fully saturated rings. The quantitative estimate of drug-likeness (QED) is 0.540. The van der Waals surface area contributed by atoms with Gasteiger partial charge in [-0.15, -0.1) is 12.3 Å². The van der Waals surface area contributed by atoms with Crippen molar-refractivity contribution in [3.63, 3.8) is 0 Å². The first kappa shape index (κ1) is 23.8. The largest absolute Gasteiger partial charge is 0.356 e. The zero-order valence-electron chi connectivity index (χ0n) is 19.4. The smallest absolute Gasteiger partial charge is 0.251 e. The molecule has 5 nitrogen and oxygen atoms in total. The lowest BCUT2D eigenvalue weighted by molar-refractivity contribution is -0.146. The molecule has 3 rings (SSSR count). The number of piperidine rings is 1. The Labute approximate surface area is 190 Å². The van der Waals surface area contributed by atoms with E-state index in [1.54, 1.807) is 18.7 Å². The van der Waals surface area contributed by atoms with Crippen LogP contribution in [0.1, 0.15) is 67.7 Å². The van der Waals surface area contributed by atoms with E-state index >= 15 is 0 Å². The van der Waals surface area contributed by atoms with Crippen molar-refractivity contribution in [3.8, 4) is 24.2 Å². The number of nitrogens with zero attached hydrogens (tertiary/aromatic N) is 1. The van der Waals surface area contributed by atoms with Crippen LogP contribution < -0.4 is 0 Å². The van der Waals surface area contributed by atoms with Crippen molar-refractivity contribution in [1.29, 1.82) is 0 Å². The Balaban J connectivity index is 1.72. The van der Waals surface area contributed by atoms with E-state index in [0.717, 1.165) is 22.3 Å². The summed E-state index contributed by atoms with van der Waals surface area (Å²) in [5, 5.41) is 0. The van der Waals surface area contributed by atoms with Gasteiger partial charge >= 0.3 is 0 Å². The molecule has 1 heterocycles. The zero-order valence-corrected chi connectivity index (χ0v) is 19.4. The van der Waals surface area contributed by atoms with E-state index < -0.39 is 12.0 Å². The normalized spacial score (nSPS) is 19.3. The minimum atomic E-state index is -0.693. The van der Waals surface area contributed by atoms with Crippen LogP contribution in [0.15, 0.2) is 12.1 Å². The van der Waals surface area contributed by atoms with E-state index in [4.69, 9.17) is 11.2 Å². The highest BCUT2D eigenvalue weighted by atomic mass is 16.5. The molecule has 5 heteroatoms. The summed E-state index contributed by atoms with van der Waals surface area (Å²) >= 11 is 0. The SMILES string of the molecule is C#CCOC(C)C(=O)N1CCC2(CC1)CC(=O)C(c1c(C)cc(C#CC)cc1C)C(=O)C2. The van der Waals surface area contributed by atoms with Gasteiger partial charge < -0.3 is 9.64 Å². The van der Waals surface area contributed by atoms with Crippen LogP contribution in [-0.4, -0.2) is 48.2 Å². The minimum absolute atomic E-state index is 0.00715. The Morgan fingerprint density at radius 3 is 2.25 bits per heavy atom. The summed E-state index contributed by atoms with van der Waals surface area (Å²) < 4.78 is 5.34. The maximum atomic E-state index is 13.3. The molecule has 1 amide bonds. The third-order valence-corrected chi connectivity index (χ3v) is 6.79. The predicted molar refractivity (Wildman–Crippen MR) is 123 cm³/mol. The fourth-order valence-electron chi connectivity index (χ4n) is 5.21. The average molecular weight is 434 g/mol. The first-order chi connectivity index (χ1) is 15.2. The summed E-state index contributed by atoms with van der Waals surface area (Å²) in [6.07, 6.45) is 6.66. The third-order valence-electron chi connectivity index (χ3n) is 6.79. The summed E-state index contributed by atoms with van der Waals surface area (Å²) in [4.78, 5) is 40.9. The molecular formula is C27H31NO4. The second-order valence-corrected chi connectivity index (χ2v) is 9.10. The van der Waals surface area contributed by atoms with Crippen molar-refractivity contribution >= 4 is 17.5 Å². The highest BCUT2D eigenvalue weighted by molar-refractivity contribution is 6.10. The van der Waals surface area contributed by atoms with Crippen molar-refractivity contribution in [2.75, 3.05) is 19.7 Å². The molecule has 1 aromatic rings. The van der Waals surface area contributed by atoms with E-state index in [-0.39, 0.29) is 29.5 Å². The molecule has 0 aromatic heterocycles. The first-order valence-corrected chi connectivity index (χ1v) is 11.1. The van der Waals surface area contributed by atoms with Gasteiger partial charge in [-0.25, -0.2) is 0 Å². The number of carbonyl (C=O) groups excluding carboxylic acids is 3. The highest BCUT2D eigenvalue weighted by Gasteiger charge is 2.48. The number of carbonyl (C=O) groups is 3. The predicted octanol–water partition coefficient (Wildman–Crippen LogP) is 3.34. The molecule has 1 aliphatic carbocycles. The number of benzene rings is 1. The van der Waals surface area contributed by atoms with Crippen LogP contribution in [0.4, 0.5) is 0 Å². The number of ketones is 2. The number of amides is 1. The number of hydrogen-bond donors (Lipinski definition) is 0. The summed E-state index contributed by atoms with van der Waals surface area (Å²) in [5.74, 6) is 7.51. The van der Waals surface area contributed by atoms with Crippen LogP contribution in [0.25, 0.3) is 0 Å². The second-order valence-electron chi connectivity index (χ2n) is 9.10. The van der Waals surface area contributed by atoms with Gasteiger partial charge in [0.1, 0.15) is 30.2 Å². The van der Waals surface area contributed by atoms with Gasteiger partial charge in [-0.05, 0) is 74.8 Å². The number of terminal acetylenes is 1. The van der Waals surface area contributed by atoms with Crippen molar-refractivity contribution in [2.45, 2.75) is 65.4 Å². The zero-order chi connectivity index (χ0) is 23.5. The Bertz CT molecular complexity index is 985. The first-order valence-electron chi connectivity index (χ1n) is 11.1. The number of rotatable bonds is 4. The van der Waals surface area contributed by atoms with Crippen molar-refractivity contribution in [3.05, 3.63) is 34.4 Å². The summed E-state index contributed by atoms with van der Waals surface area (Å²) in [6, 6.07) is 3.91. The van der Waals surface area contributed by atoms with Crippen molar-refractivity contribution in [1.82, 2.24) is 4.90 Å². The van der Waals surface area contributed by atoms with Gasteiger partial charge in [0, 0.05) is 31.5 Å². The maximum Gasteiger partial charge on any atom is 0.251 e. The molecule has 1 aromatic carbocycles. The number of aryl methyl sites for hydroxylation is 2. The molecule has 2 aliphatic rings. The van der Waals surface area contributed by atoms with E-state index in [0.29, 0.717) is 38.8 Å². The molecule has 32 heavy (non-hydrogen) atoms. The summed E-state index contributed by atoms with van der Waals surface area (Å²) in [7, 11) is 0. The molecule has 1 saturated heterocycles. The molecule has 1 unspecified atom stereocenters. The lowest BCUT2D eigenvalue weighted by atomic mass is 9.62. The molecular weight excluding hydrogens is 402 g/mol. The Morgan fingerprint density at radius 2 is 1.75 bits per heavy atom. The van der Waals surface area contributed by atoms with Crippen molar-refractivity contribution in [2.24, 2.45) is 5.41 Å². The number of Topliss-reactive ketones (excluding diaryl/α,β-unsaturated/α-hetero) is 2. The molecule has 0 radical (unpaired) electrons. The molecule has 1 aliphatic heterocycles. The third kappa shape index (κ3) is 4.79. The van der Waals surface area contributed by atoms with Gasteiger partial charge in [-0.1, -0.05) is 11.8 Å². The molecule has 1 atom stereocenters. The monoisotopic (exact) mass is 433 g/mol. The van der Waals surface area contributed by atoms with Crippen LogP contribution in [-0.2, 0) is 19.1 Å². The summed E-state index contributed by atoms with van der Waals surface area (Å²) in [5.41, 5.74) is 3.26. The van der Waals surface area contributed by atoms with Crippen LogP contribution in [0.5, 0.6) is 0 Å². The van der Waals surface area contributed by atoms with Gasteiger partial charge in [-0.3, -0.25) is 14.4 Å². The highest BCUT2D eigenvalue weighted by Crippen LogP contribution is 2.46. The number of hydrogen-bond acceptors (Lipinski definition) is 4. The van der Waals surface area contributed by atoms with Gasteiger partial charge in [0.05, 0.1) is 0 Å². The topological polar surface area (TPSA) is 63.7 Å². The lowest BCUT2D eigenvalue weighted by Gasteiger charge is -2.45. The number of ether oxygens (including phenoxy) is 1. The second kappa shape index (κ2) is 9.72. The molecule has 1 saturated carbocycles. The van der Waals surface area contributed by atoms with Gasteiger partial charge in [0.25, 0.3) is 5.91 Å². The van der Waals surface area contributed by atoms with E-state index in [9.17, 15) is 14.4 Å². The van der Waals surface area contributed by atoms with Crippen LogP contribution >= 0.6 is 0 Å². The number of likely N-dealkylation sites (tertiary alicyclic amines) is 1. The summed E-state index contributed by atoms with van der Waals surface area (Å²) in [6.45, 7) is 8.52. The maximum absolute atomic E-state index is 13.3. The van der Waals surface area contributed by atoms with Gasteiger partial charge in [0.15, 0.2) is 0 Å². The van der Waals surface area contributed by atoms with Crippen LogP contribution in [0.3, 0.4) is 0 Å². The Morgan fingerprint density at radius 1 is 1.19 bits per heavy atom. The lowest BCUT2D eigenvalue weighted by Crippen LogP contribution is -2.50.